The Morgan fingerprint density at radius 2 is 2.12 bits per heavy atom. The van der Waals surface area contributed by atoms with Gasteiger partial charge in [-0.15, -0.1) is 16.9 Å². The van der Waals surface area contributed by atoms with Gasteiger partial charge in [-0.3, -0.25) is 0 Å². The van der Waals surface area contributed by atoms with Gasteiger partial charge in [-0.25, -0.2) is 9.48 Å². The van der Waals surface area contributed by atoms with E-state index in [9.17, 15) is 4.79 Å². The third kappa shape index (κ3) is 2.60. The first-order valence-electron chi connectivity index (χ1n) is 4.57. The summed E-state index contributed by atoms with van der Waals surface area (Å²) in [4.78, 5) is 11.7. The number of benzene rings is 1. The molecule has 2 aromatic rings. The molecule has 2 rings (SSSR count). The lowest BCUT2D eigenvalue weighted by atomic mass is 10.4. The Morgan fingerprint density at radius 3 is 2.75 bits per heavy atom. The smallest absolute Gasteiger partial charge is 0.358 e. The normalized spacial score (nSPS) is 10.2. The van der Waals surface area contributed by atoms with Crippen LogP contribution in [0.5, 0.6) is 0 Å². The maximum Gasteiger partial charge on any atom is 0.358 e. The maximum absolute atomic E-state index is 10.6. The second-order valence-electron chi connectivity index (χ2n) is 3.03. The second-order valence-corrected chi connectivity index (χ2v) is 4.05. The van der Waals surface area contributed by atoms with Gasteiger partial charge in [-0.05, 0) is 12.1 Å². The van der Waals surface area contributed by atoms with Gasteiger partial charge in [0.25, 0.3) is 0 Å². The van der Waals surface area contributed by atoms with Crippen molar-refractivity contribution in [1.29, 1.82) is 0 Å². The summed E-state index contributed by atoms with van der Waals surface area (Å²) in [6.45, 7) is 0. The highest BCUT2D eigenvalue weighted by Crippen LogP contribution is 2.18. The molecule has 0 saturated carbocycles. The average molecular weight is 235 g/mol. The number of thioether (sulfide) groups is 1. The average Bonchev–Trinajstić information content (AvgIpc) is 2.76. The SMILES string of the molecule is O=C(O)c1cn(CSc2ccccc2)nn1. The number of carbonyl (C=O) groups is 1. The topological polar surface area (TPSA) is 68.0 Å². The molecule has 82 valence electrons. The van der Waals surface area contributed by atoms with E-state index in [1.807, 2.05) is 30.3 Å². The highest BCUT2D eigenvalue weighted by atomic mass is 32.2. The van der Waals surface area contributed by atoms with Crippen LogP contribution in [-0.2, 0) is 5.88 Å². The van der Waals surface area contributed by atoms with Gasteiger partial charge in [-0.1, -0.05) is 23.4 Å². The second kappa shape index (κ2) is 4.80. The van der Waals surface area contributed by atoms with Gasteiger partial charge in [0.2, 0.25) is 0 Å². The van der Waals surface area contributed by atoms with Crippen molar-refractivity contribution in [2.24, 2.45) is 0 Å². The van der Waals surface area contributed by atoms with Crippen LogP contribution in [0.2, 0.25) is 0 Å². The van der Waals surface area contributed by atoms with E-state index in [0.29, 0.717) is 5.88 Å². The van der Waals surface area contributed by atoms with Gasteiger partial charge in [0.1, 0.15) is 0 Å². The minimum absolute atomic E-state index is 0.0336. The van der Waals surface area contributed by atoms with E-state index in [0.717, 1.165) is 4.90 Å². The van der Waals surface area contributed by atoms with Crippen LogP contribution in [0.25, 0.3) is 0 Å². The molecule has 0 radical (unpaired) electrons. The predicted molar refractivity (Wildman–Crippen MR) is 59.3 cm³/mol. The standard InChI is InChI=1S/C10H9N3O2S/c14-10(15)9-6-13(12-11-9)7-16-8-4-2-1-3-5-8/h1-6H,7H2,(H,14,15). The number of aromatic carboxylic acids is 1. The lowest BCUT2D eigenvalue weighted by Gasteiger charge is -1.99. The summed E-state index contributed by atoms with van der Waals surface area (Å²) >= 11 is 1.57. The van der Waals surface area contributed by atoms with E-state index < -0.39 is 5.97 Å². The molecule has 0 aliphatic rings. The first-order valence-corrected chi connectivity index (χ1v) is 5.55. The van der Waals surface area contributed by atoms with Crippen molar-refractivity contribution >= 4 is 17.7 Å². The highest BCUT2D eigenvalue weighted by molar-refractivity contribution is 7.98. The molecule has 6 heteroatoms. The molecule has 0 bridgehead atoms. The zero-order chi connectivity index (χ0) is 11.4. The van der Waals surface area contributed by atoms with Crippen molar-refractivity contribution in [3.8, 4) is 0 Å². The molecular formula is C10H9N3O2S. The van der Waals surface area contributed by atoms with Crippen molar-refractivity contribution < 1.29 is 9.90 Å². The molecule has 1 N–H and O–H groups in total. The molecule has 16 heavy (non-hydrogen) atoms. The Hall–Kier alpha value is -1.82. The largest absolute Gasteiger partial charge is 0.476 e. The Balaban J connectivity index is 1.97. The number of carboxylic acids is 1. The van der Waals surface area contributed by atoms with Crippen LogP contribution in [0, 0.1) is 0 Å². The minimum atomic E-state index is -1.06. The monoisotopic (exact) mass is 235 g/mol. The number of rotatable bonds is 4. The fourth-order valence-electron chi connectivity index (χ4n) is 1.12. The predicted octanol–water partition coefficient (Wildman–Crippen LogP) is 1.73. The highest BCUT2D eigenvalue weighted by Gasteiger charge is 2.07. The van der Waals surface area contributed by atoms with Gasteiger partial charge in [0, 0.05) is 4.90 Å². The molecule has 5 nitrogen and oxygen atoms in total. The molecule has 1 aromatic carbocycles. The van der Waals surface area contributed by atoms with Crippen molar-refractivity contribution in [1.82, 2.24) is 15.0 Å². The lowest BCUT2D eigenvalue weighted by Crippen LogP contribution is -1.96. The Labute approximate surface area is 96.1 Å². The zero-order valence-corrected chi connectivity index (χ0v) is 9.09. The minimum Gasteiger partial charge on any atom is -0.476 e. The van der Waals surface area contributed by atoms with Crippen molar-refractivity contribution in [2.45, 2.75) is 10.8 Å². The van der Waals surface area contributed by atoms with Gasteiger partial charge in [0.15, 0.2) is 5.69 Å². The van der Waals surface area contributed by atoms with E-state index in [4.69, 9.17) is 5.11 Å². The molecule has 0 unspecified atom stereocenters. The zero-order valence-electron chi connectivity index (χ0n) is 8.28. The number of hydrogen-bond donors (Lipinski definition) is 1. The molecule has 0 amide bonds. The van der Waals surface area contributed by atoms with E-state index >= 15 is 0 Å². The molecule has 0 atom stereocenters. The summed E-state index contributed by atoms with van der Waals surface area (Å²) in [6.07, 6.45) is 1.41. The van der Waals surface area contributed by atoms with Crippen LogP contribution in [0.15, 0.2) is 41.4 Å². The van der Waals surface area contributed by atoms with E-state index in [1.54, 1.807) is 11.8 Å². The van der Waals surface area contributed by atoms with Crippen LogP contribution in [-0.4, -0.2) is 26.1 Å². The maximum atomic E-state index is 10.6. The van der Waals surface area contributed by atoms with E-state index in [1.165, 1.54) is 10.9 Å². The first kappa shape index (κ1) is 10.7. The molecule has 0 aliphatic carbocycles. The van der Waals surface area contributed by atoms with Crippen molar-refractivity contribution in [3.63, 3.8) is 0 Å². The molecule has 0 spiro atoms. The van der Waals surface area contributed by atoms with Gasteiger partial charge >= 0.3 is 5.97 Å². The number of nitrogens with zero attached hydrogens (tertiary/aromatic N) is 3. The Kier molecular flexibility index (Phi) is 3.21. The fraction of sp³-hybridized carbons (Fsp3) is 0.100. The van der Waals surface area contributed by atoms with Gasteiger partial charge < -0.3 is 5.11 Å². The molecule has 1 aromatic heterocycles. The van der Waals surface area contributed by atoms with Crippen LogP contribution >= 0.6 is 11.8 Å². The molecule has 1 heterocycles. The summed E-state index contributed by atoms with van der Waals surface area (Å²) in [6, 6.07) is 9.82. The first-order chi connectivity index (χ1) is 7.75. The van der Waals surface area contributed by atoms with Crippen LogP contribution in [0.4, 0.5) is 0 Å². The summed E-state index contributed by atoms with van der Waals surface area (Å²) < 4.78 is 1.50. The van der Waals surface area contributed by atoms with E-state index in [2.05, 4.69) is 10.3 Å². The Bertz CT molecular complexity index is 484. The number of carboxylic acid groups (broad SMARTS) is 1. The van der Waals surface area contributed by atoms with Crippen LogP contribution in [0.3, 0.4) is 0 Å². The Morgan fingerprint density at radius 1 is 1.38 bits per heavy atom. The van der Waals surface area contributed by atoms with Crippen LogP contribution < -0.4 is 0 Å². The van der Waals surface area contributed by atoms with E-state index in [-0.39, 0.29) is 5.69 Å². The summed E-state index contributed by atoms with van der Waals surface area (Å²) in [5.74, 6) is -0.513. The van der Waals surface area contributed by atoms with Crippen molar-refractivity contribution in [3.05, 3.63) is 42.2 Å². The van der Waals surface area contributed by atoms with Crippen molar-refractivity contribution in [2.75, 3.05) is 0 Å². The third-order valence-electron chi connectivity index (χ3n) is 1.86. The molecule has 0 aliphatic heterocycles. The molecular weight excluding hydrogens is 226 g/mol. The number of aromatic nitrogens is 3. The molecule has 0 fully saturated rings. The third-order valence-corrected chi connectivity index (χ3v) is 2.86. The van der Waals surface area contributed by atoms with Gasteiger partial charge in [-0.2, -0.15) is 0 Å². The quantitative estimate of drug-likeness (QED) is 0.817. The summed E-state index contributed by atoms with van der Waals surface area (Å²) in [5.41, 5.74) is -0.0336. The summed E-state index contributed by atoms with van der Waals surface area (Å²) in [5, 5.41) is 15.9. The molecule has 0 saturated heterocycles. The summed E-state index contributed by atoms with van der Waals surface area (Å²) in [7, 11) is 0. The lowest BCUT2D eigenvalue weighted by molar-refractivity contribution is 0.0690. The fourth-order valence-corrected chi connectivity index (χ4v) is 1.87. The van der Waals surface area contributed by atoms with Gasteiger partial charge in [0.05, 0.1) is 12.1 Å². The van der Waals surface area contributed by atoms with Crippen LogP contribution in [0.1, 0.15) is 10.5 Å². The number of hydrogen-bond acceptors (Lipinski definition) is 4.